The maximum atomic E-state index is 13.1. The highest BCUT2D eigenvalue weighted by Crippen LogP contribution is 2.40. The Morgan fingerprint density at radius 1 is 1.23 bits per heavy atom. The first-order valence-electron chi connectivity index (χ1n) is 9.77. The van der Waals surface area contributed by atoms with E-state index in [1.54, 1.807) is 37.8 Å². The van der Waals surface area contributed by atoms with E-state index in [0.717, 1.165) is 11.3 Å². The molecule has 2 aromatic carbocycles. The Bertz CT molecular complexity index is 1120. The quantitative estimate of drug-likeness (QED) is 0.615. The Labute approximate surface area is 173 Å². The molecule has 2 amide bonds. The van der Waals surface area contributed by atoms with Gasteiger partial charge in [-0.2, -0.15) is 0 Å². The summed E-state index contributed by atoms with van der Waals surface area (Å²) in [6.45, 7) is 5.08. The number of hydrogen-bond acceptors (Lipinski definition) is 5. The monoisotopic (exact) mass is 408 g/mol. The SMILES string of the molecule is CC(C)(C)OC(=O)NCC(=O)N1c2ccccc2CC1c1nc2c(O)cccc2[nH]1. The number of aromatic amines is 1. The zero-order valence-corrected chi connectivity index (χ0v) is 17.1. The fraction of sp³-hybridized carbons (Fsp3) is 0.318. The third kappa shape index (κ3) is 3.80. The molecule has 0 radical (unpaired) electrons. The number of alkyl carbamates (subject to hydrolysis) is 1. The number of carbonyl (C=O) groups excluding carboxylic acids is 2. The largest absolute Gasteiger partial charge is 0.506 e. The van der Waals surface area contributed by atoms with Crippen molar-refractivity contribution in [2.24, 2.45) is 0 Å². The summed E-state index contributed by atoms with van der Waals surface area (Å²) in [6.07, 6.45) is -0.0666. The molecule has 1 atom stereocenters. The minimum atomic E-state index is -0.647. The van der Waals surface area contributed by atoms with Crippen molar-refractivity contribution in [3.8, 4) is 5.75 Å². The number of phenolic OH excluding ortho intramolecular Hbond substituents is 1. The van der Waals surface area contributed by atoms with Crippen molar-refractivity contribution < 1.29 is 19.4 Å². The van der Waals surface area contributed by atoms with Gasteiger partial charge in [0.2, 0.25) is 5.91 Å². The Morgan fingerprint density at radius 3 is 2.73 bits per heavy atom. The first-order valence-corrected chi connectivity index (χ1v) is 9.77. The van der Waals surface area contributed by atoms with Crippen molar-refractivity contribution in [1.82, 2.24) is 15.3 Å². The summed E-state index contributed by atoms with van der Waals surface area (Å²) in [5.74, 6) is 0.379. The first-order chi connectivity index (χ1) is 14.2. The number of H-pyrrole nitrogens is 1. The molecule has 0 saturated heterocycles. The Kier molecular flexibility index (Phi) is 4.85. The number of fused-ring (bicyclic) bond motifs is 2. The number of benzene rings is 2. The van der Waals surface area contributed by atoms with Crippen LogP contribution >= 0.6 is 0 Å². The number of ether oxygens (including phenoxy) is 1. The highest BCUT2D eigenvalue weighted by molar-refractivity contribution is 5.99. The van der Waals surface area contributed by atoms with Crippen molar-refractivity contribution in [3.63, 3.8) is 0 Å². The maximum Gasteiger partial charge on any atom is 0.408 e. The van der Waals surface area contributed by atoms with Gasteiger partial charge in [-0.05, 0) is 44.5 Å². The Morgan fingerprint density at radius 2 is 2.00 bits per heavy atom. The van der Waals surface area contributed by atoms with Gasteiger partial charge in [-0.3, -0.25) is 9.69 Å². The number of phenols is 1. The van der Waals surface area contributed by atoms with Gasteiger partial charge in [0, 0.05) is 12.1 Å². The molecule has 1 aromatic heterocycles. The number of carbonyl (C=O) groups is 2. The predicted octanol–water partition coefficient (Wildman–Crippen LogP) is 3.42. The van der Waals surface area contributed by atoms with Crippen LogP contribution in [0.25, 0.3) is 11.0 Å². The van der Waals surface area contributed by atoms with Crippen LogP contribution in [0.4, 0.5) is 10.5 Å². The molecule has 8 heteroatoms. The second kappa shape index (κ2) is 7.37. The van der Waals surface area contributed by atoms with E-state index in [9.17, 15) is 14.7 Å². The van der Waals surface area contributed by atoms with Gasteiger partial charge in [0.25, 0.3) is 0 Å². The lowest BCUT2D eigenvalue weighted by Crippen LogP contribution is -2.42. The number of imidazole rings is 1. The van der Waals surface area contributed by atoms with Crippen LogP contribution in [-0.4, -0.2) is 39.2 Å². The molecule has 0 aliphatic carbocycles. The van der Waals surface area contributed by atoms with Gasteiger partial charge < -0.3 is 20.1 Å². The van der Waals surface area contributed by atoms with Crippen molar-refractivity contribution in [3.05, 3.63) is 53.9 Å². The standard InChI is InChI=1S/C22H24N4O4/c1-22(2,3)30-21(29)23-12-18(28)26-15-9-5-4-7-13(15)11-16(26)20-24-14-8-6-10-17(27)19(14)25-20/h4-10,16,27H,11-12H2,1-3H3,(H,23,29)(H,24,25). The fourth-order valence-electron chi connectivity index (χ4n) is 3.65. The van der Waals surface area contributed by atoms with E-state index >= 15 is 0 Å². The number of anilines is 1. The zero-order chi connectivity index (χ0) is 21.5. The van der Waals surface area contributed by atoms with Gasteiger partial charge in [-0.15, -0.1) is 0 Å². The molecule has 4 rings (SSSR count). The third-order valence-corrected chi connectivity index (χ3v) is 4.85. The summed E-state index contributed by atoms with van der Waals surface area (Å²) >= 11 is 0. The van der Waals surface area contributed by atoms with Crippen LogP contribution in [0.1, 0.15) is 38.2 Å². The molecule has 0 bridgehead atoms. The second-order valence-corrected chi connectivity index (χ2v) is 8.26. The minimum absolute atomic E-state index is 0.0787. The molecule has 1 aliphatic heterocycles. The van der Waals surface area contributed by atoms with Crippen molar-refractivity contribution in [2.45, 2.75) is 38.8 Å². The number of aromatic nitrogens is 2. The molecule has 156 valence electrons. The van der Waals surface area contributed by atoms with E-state index in [4.69, 9.17) is 4.74 Å². The van der Waals surface area contributed by atoms with Crippen LogP contribution in [0.2, 0.25) is 0 Å². The van der Waals surface area contributed by atoms with E-state index < -0.39 is 11.7 Å². The number of amides is 2. The number of hydrogen-bond donors (Lipinski definition) is 3. The third-order valence-electron chi connectivity index (χ3n) is 4.85. The molecule has 30 heavy (non-hydrogen) atoms. The minimum Gasteiger partial charge on any atom is -0.506 e. The highest BCUT2D eigenvalue weighted by atomic mass is 16.6. The molecule has 8 nitrogen and oxygen atoms in total. The van der Waals surface area contributed by atoms with Gasteiger partial charge in [0.1, 0.15) is 29.2 Å². The van der Waals surface area contributed by atoms with E-state index in [0.29, 0.717) is 23.3 Å². The van der Waals surface area contributed by atoms with Crippen LogP contribution in [0.5, 0.6) is 5.75 Å². The molecule has 3 aromatic rings. The molecule has 1 unspecified atom stereocenters. The molecule has 0 spiro atoms. The van der Waals surface area contributed by atoms with Gasteiger partial charge >= 0.3 is 6.09 Å². The summed E-state index contributed by atoms with van der Waals surface area (Å²) in [7, 11) is 0. The van der Waals surface area contributed by atoms with Gasteiger partial charge in [0.15, 0.2) is 0 Å². The van der Waals surface area contributed by atoms with Crippen molar-refractivity contribution in [2.75, 3.05) is 11.4 Å². The number of aromatic hydroxyl groups is 1. The van der Waals surface area contributed by atoms with Gasteiger partial charge in [-0.1, -0.05) is 24.3 Å². The van der Waals surface area contributed by atoms with Crippen LogP contribution < -0.4 is 10.2 Å². The van der Waals surface area contributed by atoms with Crippen LogP contribution in [0, 0.1) is 0 Å². The molecule has 0 fully saturated rings. The Hall–Kier alpha value is -3.55. The van der Waals surface area contributed by atoms with E-state index in [2.05, 4.69) is 15.3 Å². The van der Waals surface area contributed by atoms with E-state index in [1.165, 1.54) is 0 Å². The number of rotatable bonds is 3. The summed E-state index contributed by atoms with van der Waals surface area (Å²) < 4.78 is 5.22. The van der Waals surface area contributed by atoms with Crippen LogP contribution in [0.3, 0.4) is 0 Å². The summed E-state index contributed by atoms with van der Waals surface area (Å²) in [5.41, 5.74) is 2.30. The molecular weight excluding hydrogens is 384 g/mol. The number of nitrogens with zero attached hydrogens (tertiary/aromatic N) is 2. The second-order valence-electron chi connectivity index (χ2n) is 8.26. The van der Waals surface area contributed by atoms with Crippen LogP contribution in [-0.2, 0) is 16.0 Å². The maximum absolute atomic E-state index is 13.1. The van der Waals surface area contributed by atoms with Gasteiger partial charge in [0.05, 0.1) is 11.6 Å². The lowest BCUT2D eigenvalue weighted by Gasteiger charge is -2.25. The molecule has 0 saturated carbocycles. The van der Waals surface area contributed by atoms with E-state index in [-0.39, 0.29) is 24.2 Å². The molecule has 2 heterocycles. The summed E-state index contributed by atoms with van der Waals surface area (Å²) in [6, 6.07) is 12.4. The lowest BCUT2D eigenvalue weighted by atomic mass is 10.1. The molecule has 1 aliphatic rings. The Balaban J connectivity index is 1.61. The smallest absolute Gasteiger partial charge is 0.408 e. The topological polar surface area (TPSA) is 108 Å². The average molecular weight is 408 g/mol. The summed E-state index contributed by atoms with van der Waals surface area (Å²) in [4.78, 5) is 34.5. The average Bonchev–Trinajstić information content (AvgIpc) is 3.27. The van der Waals surface area contributed by atoms with Crippen LogP contribution in [0.15, 0.2) is 42.5 Å². The predicted molar refractivity (Wildman–Crippen MR) is 112 cm³/mol. The zero-order valence-electron chi connectivity index (χ0n) is 17.1. The van der Waals surface area contributed by atoms with Crippen molar-refractivity contribution >= 4 is 28.7 Å². The van der Waals surface area contributed by atoms with E-state index in [1.807, 2.05) is 30.3 Å². The fourth-order valence-corrected chi connectivity index (χ4v) is 3.65. The van der Waals surface area contributed by atoms with Crippen molar-refractivity contribution in [1.29, 1.82) is 0 Å². The summed E-state index contributed by atoms with van der Waals surface area (Å²) in [5, 5.41) is 12.6. The highest BCUT2D eigenvalue weighted by Gasteiger charge is 2.36. The normalized spacial score (nSPS) is 15.8. The molecule has 3 N–H and O–H groups in total. The first kappa shape index (κ1) is 19.8. The van der Waals surface area contributed by atoms with Gasteiger partial charge in [-0.25, -0.2) is 9.78 Å². The number of nitrogens with one attached hydrogen (secondary N) is 2. The number of para-hydroxylation sites is 2. The lowest BCUT2D eigenvalue weighted by molar-refractivity contribution is -0.118. The molecular formula is C22H24N4O4.